The molecule has 0 aliphatic heterocycles. The number of alkyl halides is 2. The summed E-state index contributed by atoms with van der Waals surface area (Å²) in [5, 5.41) is 19.0. The van der Waals surface area contributed by atoms with Gasteiger partial charge in [-0.2, -0.15) is 8.78 Å². The van der Waals surface area contributed by atoms with Crippen LogP contribution >= 0.6 is 0 Å². The van der Waals surface area contributed by atoms with Gasteiger partial charge in [0.25, 0.3) is 0 Å². The topological polar surface area (TPSA) is 57.5 Å². The van der Waals surface area contributed by atoms with Crippen LogP contribution in [0.25, 0.3) is 0 Å². The highest BCUT2D eigenvalue weighted by molar-refractivity contribution is 5.77. The van der Waals surface area contributed by atoms with Gasteiger partial charge < -0.3 is 10.2 Å². The summed E-state index contributed by atoms with van der Waals surface area (Å²) in [6.45, 7) is 0. The molecule has 0 spiro atoms. The number of hydrogen-bond donors (Lipinski definition) is 2. The molecule has 17 heavy (non-hydrogen) atoms. The average Bonchev–Trinajstić information content (AvgIpc) is 2.23. The van der Waals surface area contributed by atoms with E-state index in [0.29, 0.717) is 37.5 Å². The molecule has 2 N–H and O–H groups in total. The number of rotatable bonds is 2. The van der Waals surface area contributed by atoms with E-state index in [-0.39, 0.29) is 0 Å². The van der Waals surface area contributed by atoms with Crippen molar-refractivity contribution in [3.05, 3.63) is 0 Å². The fourth-order valence-electron chi connectivity index (χ4n) is 4.59. The number of carboxylic acids is 1. The maximum atomic E-state index is 13.8. The van der Waals surface area contributed by atoms with Crippen molar-refractivity contribution < 1.29 is 23.8 Å². The first-order chi connectivity index (χ1) is 7.85. The minimum Gasteiger partial charge on any atom is -0.477 e. The summed E-state index contributed by atoms with van der Waals surface area (Å²) in [7, 11) is 0. The van der Waals surface area contributed by atoms with Crippen molar-refractivity contribution in [2.75, 3.05) is 0 Å². The first-order valence-electron chi connectivity index (χ1n) is 6.19. The normalized spacial score (nSPS) is 48.4. The Hall–Kier alpha value is -0.710. The highest BCUT2D eigenvalue weighted by atomic mass is 19.3. The van der Waals surface area contributed by atoms with Gasteiger partial charge in [0.15, 0.2) is 0 Å². The Kier molecular flexibility index (Phi) is 2.14. The molecule has 96 valence electrons. The van der Waals surface area contributed by atoms with E-state index in [1.54, 1.807) is 0 Å². The van der Waals surface area contributed by atoms with Gasteiger partial charge in [0, 0.05) is 0 Å². The molecule has 4 rings (SSSR count). The first-order valence-corrected chi connectivity index (χ1v) is 6.19. The van der Waals surface area contributed by atoms with Gasteiger partial charge in [-0.15, -0.1) is 0 Å². The monoisotopic (exact) mass is 246 g/mol. The van der Waals surface area contributed by atoms with Crippen molar-refractivity contribution in [3.8, 4) is 0 Å². The SMILES string of the molecule is O=C(O)C(F)(F)C1(O)C2CC3CC(C2)CC1C3. The minimum absolute atomic E-state index is 0.419. The maximum Gasteiger partial charge on any atom is 0.377 e. The highest BCUT2D eigenvalue weighted by Crippen LogP contribution is 2.62. The fraction of sp³-hybridized carbons (Fsp3) is 0.917. The lowest BCUT2D eigenvalue weighted by Crippen LogP contribution is -2.68. The molecular formula is C12H16F2O3. The van der Waals surface area contributed by atoms with Gasteiger partial charge in [-0.1, -0.05) is 0 Å². The van der Waals surface area contributed by atoms with Crippen LogP contribution in [0.3, 0.4) is 0 Å². The summed E-state index contributed by atoms with van der Waals surface area (Å²) in [5.41, 5.74) is -2.31. The van der Waals surface area contributed by atoms with E-state index in [0.717, 1.165) is 6.42 Å². The third kappa shape index (κ3) is 1.26. The Morgan fingerprint density at radius 3 is 1.82 bits per heavy atom. The lowest BCUT2D eigenvalue weighted by Gasteiger charge is -2.59. The number of halogens is 2. The summed E-state index contributed by atoms with van der Waals surface area (Å²) in [4.78, 5) is 10.7. The predicted molar refractivity (Wildman–Crippen MR) is 54.6 cm³/mol. The van der Waals surface area contributed by atoms with Crippen LogP contribution < -0.4 is 0 Å². The number of aliphatic carboxylic acids is 1. The van der Waals surface area contributed by atoms with Crippen LogP contribution in [0, 0.1) is 23.7 Å². The summed E-state index contributed by atoms with van der Waals surface area (Å²) < 4.78 is 27.7. The van der Waals surface area contributed by atoms with Gasteiger partial charge >= 0.3 is 11.9 Å². The fourth-order valence-corrected chi connectivity index (χ4v) is 4.59. The van der Waals surface area contributed by atoms with Crippen molar-refractivity contribution >= 4 is 5.97 Å². The van der Waals surface area contributed by atoms with Crippen molar-refractivity contribution in [1.29, 1.82) is 0 Å². The summed E-state index contributed by atoms with van der Waals surface area (Å²) in [5.74, 6) is -6.44. The Morgan fingerprint density at radius 2 is 1.47 bits per heavy atom. The smallest absolute Gasteiger partial charge is 0.377 e. The molecule has 0 amide bonds. The molecular weight excluding hydrogens is 230 g/mol. The Balaban J connectivity index is 2.00. The molecule has 0 unspecified atom stereocenters. The number of aliphatic hydroxyl groups is 1. The van der Waals surface area contributed by atoms with Gasteiger partial charge in [0.1, 0.15) is 5.60 Å². The van der Waals surface area contributed by atoms with E-state index in [4.69, 9.17) is 5.11 Å². The van der Waals surface area contributed by atoms with Gasteiger partial charge in [-0.25, -0.2) is 4.79 Å². The third-order valence-electron chi connectivity index (χ3n) is 5.15. The average molecular weight is 246 g/mol. The second-order valence-electron chi connectivity index (χ2n) is 6.01. The van der Waals surface area contributed by atoms with Crippen molar-refractivity contribution in [1.82, 2.24) is 0 Å². The second-order valence-corrected chi connectivity index (χ2v) is 6.01. The highest BCUT2D eigenvalue weighted by Gasteiger charge is 2.70. The molecule has 4 aliphatic carbocycles. The summed E-state index contributed by atoms with van der Waals surface area (Å²) >= 11 is 0. The van der Waals surface area contributed by atoms with Crippen molar-refractivity contribution in [2.45, 2.75) is 43.6 Å². The standard InChI is InChI=1S/C12H16F2O3/c13-12(14,10(15)16)11(17)8-2-6-1-7(4-8)5-9(11)3-6/h6-9,17H,1-5H2,(H,15,16). The molecule has 4 aliphatic rings. The Morgan fingerprint density at radius 1 is 1.06 bits per heavy atom. The van der Waals surface area contributed by atoms with Crippen LogP contribution in [-0.4, -0.2) is 27.7 Å². The third-order valence-corrected chi connectivity index (χ3v) is 5.15. The lowest BCUT2D eigenvalue weighted by atomic mass is 9.48. The summed E-state index contributed by atoms with van der Waals surface area (Å²) in [6.07, 6.45) is 3.32. The first kappa shape index (κ1) is 11.4. The zero-order valence-electron chi connectivity index (χ0n) is 9.40. The Labute approximate surface area is 97.8 Å². The quantitative estimate of drug-likeness (QED) is 0.782. The molecule has 0 aromatic carbocycles. The summed E-state index contributed by atoms with van der Waals surface area (Å²) in [6, 6.07) is 0. The molecule has 0 heterocycles. The Bertz CT molecular complexity index is 339. The zero-order chi connectivity index (χ0) is 12.4. The minimum atomic E-state index is -4.02. The molecule has 0 aromatic heterocycles. The number of hydrogen-bond acceptors (Lipinski definition) is 2. The number of carboxylic acid groups (broad SMARTS) is 1. The molecule has 0 atom stereocenters. The van der Waals surface area contributed by atoms with Crippen LogP contribution in [0.2, 0.25) is 0 Å². The van der Waals surface area contributed by atoms with E-state index in [9.17, 15) is 18.7 Å². The van der Waals surface area contributed by atoms with Gasteiger partial charge in [-0.3, -0.25) is 0 Å². The largest absolute Gasteiger partial charge is 0.477 e. The van der Waals surface area contributed by atoms with Crippen LogP contribution in [0.15, 0.2) is 0 Å². The van der Waals surface area contributed by atoms with Gasteiger partial charge in [-0.05, 0) is 55.8 Å². The van der Waals surface area contributed by atoms with Crippen LogP contribution in [0.4, 0.5) is 8.78 Å². The number of carbonyl (C=O) groups is 1. The molecule has 4 fully saturated rings. The molecule has 5 heteroatoms. The van der Waals surface area contributed by atoms with Crippen molar-refractivity contribution in [2.24, 2.45) is 23.7 Å². The molecule has 4 saturated carbocycles. The predicted octanol–water partition coefficient (Wildman–Crippen LogP) is 1.89. The molecule has 0 aromatic rings. The van der Waals surface area contributed by atoms with Crippen LogP contribution in [-0.2, 0) is 4.79 Å². The maximum absolute atomic E-state index is 13.8. The van der Waals surface area contributed by atoms with Crippen molar-refractivity contribution in [3.63, 3.8) is 0 Å². The lowest BCUT2D eigenvalue weighted by molar-refractivity contribution is -0.278. The van der Waals surface area contributed by atoms with Crippen LogP contribution in [0.1, 0.15) is 32.1 Å². The van der Waals surface area contributed by atoms with Gasteiger partial charge in [0.2, 0.25) is 0 Å². The molecule has 4 bridgehead atoms. The van der Waals surface area contributed by atoms with E-state index >= 15 is 0 Å². The molecule has 3 nitrogen and oxygen atoms in total. The second kappa shape index (κ2) is 3.19. The van der Waals surface area contributed by atoms with E-state index in [1.807, 2.05) is 0 Å². The molecule has 0 saturated heterocycles. The van der Waals surface area contributed by atoms with Crippen LogP contribution in [0.5, 0.6) is 0 Å². The van der Waals surface area contributed by atoms with Gasteiger partial charge in [0.05, 0.1) is 0 Å². The van der Waals surface area contributed by atoms with E-state index in [2.05, 4.69) is 0 Å². The van der Waals surface area contributed by atoms with E-state index in [1.165, 1.54) is 0 Å². The zero-order valence-corrected chi connectivity index (χ0v) is 9.40. The molecule has 0 radical (unpaired) electrons. The van der Waals surface area contributed by atoms with E-state index < -0.39 is 29.3 Å².